The Labute approximate surface area is 133 Å². The number of fused-ring (bicyclic) bond motifs is 1. The molecule has 0 amide bonds. The van der Waals surface area contributed by atoms with Gasteiger partial charge in [0.1, 0.15) is 11.9 Å². The molecule has 5 heteroatoms. The smallest absolute Gasteiger partial charge is 0.148 e. The minimum absolute atomic E-state index is 0.543. The fraction of sp³-hybridized carbons (Fsp3) is 0.250. The number of hydrogen-bond donors (Lipinski definition) is 1. The SMILES string of the molecule is N#Cc1cc2c(nc1Nc1cc(Cl)cc(Cl)c1)CCCC2. The van der Waals surface area contributed by atoms with Crippen molar-refractivity contribution in [2.75, 3.05) is 5.32 Å². The van der Waals surface area contributed by atoms with Crippen molar-refractivity contribution in [1.82, 2.24) is 4.98 Å². The van der Waals surface area contributed by atoms with Crippen molar-refractivity contribution >= 4 is 34.7 Å². The van der Waals surface area contributed by atoms with Crippen molar-refractivity contribution < 1.29 is 0 Å². The van der Waals surface area contributed by atoms with Gasteiger partial charge in [-0.3, -0.25) is 0 Å². The van der Waals surface area contributed by atoms with E-state index in [0.29, 0.717) is 21.4 Å². The van der Waals surface area contributed by atoms with E-state index < -0.39 is 0 Å². The lowest BCUT2D eigenvalue weighted by Gasteiger charge is -2.17. The van der Waals surface area contributed by atoms with Crippen molar-refractivity contribution in [3.8, 4) is 6.07 Å². The lowest BCUT2D eigenvalue weighted by Crippen LogP contribution is -2.09. The molecule has 1 aromatic heterocycles. The number of anilines is 2. The molecule has 0 bridgehead atoms. The monoisotopic (exact) mass is 317 g/mol. The Hall–Kier alpha value is -1.76. The van der Waals surface area contributed by atoms with Gasteiger partial charge in [-0.1, -0.05) is 23.2 Å². The Balaban J connectivity index is 1.99. The molecule has 21 heavy (non-hydrogen) atoms. The number of benzene rings is 1. The Morgan fingerprint density at radius 1 is 1.05 bits per heavy atom. The maximum absolute atomic E-state index is 9.33. The molecular weight excluding hydrogens is 305 g/mol. The number of aryl methyl sites for hydroxylation is 2. The maximum Gasteiger partial charge on any atom is 0.148 e. The average Bonchev–Trinajstić information content (AvgIpc) is 2.45. The molecular formula is C16H13Cl2N3. The lowest BCUT2D eigenvalue weighted by molar-refractivity contribution is 0.668. The lowest BCUT2D eigenvalue weighted by atomic mass is 9.95. The summed E-state index contributed by atoms with van der Waals surface area (Å²) >= 11 is 12.0. The fourth-order valence-corrected chi connectivity index (χ4v) is 3.10. The van der Waals surface area contributed by atoms with Gasteiger partial charge >= 0.3 is 0 Å². The van der Waals surface area contributed by atoms with E-state index in [-0.39, 0.29) is 0 Å². The molecule has 0 aliphatic heterocycles. The van der Waals surface area contributed by atoms with E-state index in [1.54, 1.807) is 18.2 Å². The van der Waals surface area contributed by atoms with E-state index in [4.69, 9.17) is 23.2 Å². The quantitative estimate of drug-likeness (QED) is 0.858. The molecule has 3 nitrogen and oxygen atoms in total. The van der Waals surface area contributed by atoms with Crippen LogP contribution in [0, 0.1) is 11.3 Å². The number of hydrogen-bond acceptors (Lipinski definition) is 3. The van der Waals surface area contributed by atoms with E-state index >= 15 is 0 Å². The topological polar surface area (TPSA) is 48.7 Å². The number of halogens is 2. The van der Waals surface area contributed by atoms with E-state index in [0.717, 1.165) is 37.1 Å². The van der Waals surface area contributed by atoms with Gasteiger partial charge in [0.05, 0.1) is 5.56 Å². The molecule has 1 aliphatic carbocycles. The summed E-state index contributed by atoms with van der Waals surface area (Å²) in [5.41, 5.74) is 3.54. The number of nitrogens with zero attached hydrogens (tertiary/aromatic N) is 2. The zero-order valence-electron chi connectivity index (χ0n) is 11.3. The third-order valence-corrected chi connectivity index (χ3v) is 3.98. The van der Waals surface area contributed by atoms with Gasteiger partial charge in [0.15, 0.2) is 0 Å². The second-order valence-corrected chi connectivity index (χ2v) is 5.97. The molecule has 1 aromatic carbocycles. The minimum Gasteiger partial charge on any atom is -0.339 e. The van der Waals surface area contributed by atoms with Crippen molar-refractivity contribution in [2.45, 2.75) is 25.7 Å². The van der Waals surface area contributed by atoms with Crippen LogP contribution in [0.15, 0.2) is 24.3 Å². The van der Waals surface area contributed by atoms with Crippen LogP contribution in [0.2, 0.25) is 10.0 Å². The molecule has 106 valence electrons. The van der Waals surface area contributed by atoms with Crippen molar-refractivity contribution in [3.05, 3.63) is 51.1 Å². The molecule has 0 unspecified atom stereocenters. The first-order valence-electron chi connectivity index (χ1n) is 6.82. The Morgan fingerprint density at radius 2 is 1.76 bits per heavy atom. The zero-order valence-corrected chi connectivity index (χ0v) is 12.8. The number of aromatic nitrogens is 1. The second kappa shape index (κ2) is 5.93. The van der Waals surface area contributed by atoms with Crippen LogP contribution >= 0.6 is 23.2 Å². The average molecular weight is 318 g/mol. The van der Waals surface area contributed by atoms with Crippen molar-refractivity contribution in [1.29, 1.82) is 5.26 Å². The molecule has 2 aromatic rings. The molecule has 0 saturated carbocycles. The van der Waals surface area contributed by atoms with Crippen LogP contribution in [-0.2, 0) is 12.8 Å². The minimum atomic E-state index is 0.543. The first-order valence-corrected chi connectivity index (χ1v) is 7.57. The van der Waals surface area contributed by atoms with Crippen LogP contribution < -0.4 is 5.32 Å². The summed E-state index contributed by atoms with van der Waals surface area (Å²) in [4.78, 5) is 4.62. The molecule has 0 spiro atoms. The van der Waals surface area contributed by atoms with Crippen LogP contribution in [0.5, 0.6) is 0 Å². The highest BCUT2D eigenvalue weighted by Crippen LogP contribution is 2.28. The summed E-state index contributed by atoms with van der Waals surface area (Å²) in [6.07, 6.45) is 4.27. The number of rotatable bonds is 2. The predicted molar refractivity (Wildman–Crippen MR) is 85.3 cm³/mol. The van der Waals surface area contributed by atoms with E-state index in [1.165, 1.54) is 5.56 Å². The van der Waals surface area contributed by atoms with Crippen LogP contribution in [0.1, 0.15) is 29.7 Å². The highest BCUT2D eigenvalue weighted by Gasteiger charge is 2.15. The summed E-state index contributed by atoms with van der Waals surface area (Å²) in [5.74, 6) is 0.566. The summed E-state index contributed by atoms with van der Waals surface area (Å²) in [5, 5.41) is 13.6. The molecule has 1 aliphatic rings. The van der Waals surface area contributed by atoms with Gasteiger partial charge in [-0.25, -0.2) is 4.98 Å². The fourth-order valence-electron chi connectivity index (χ4n) is 2.58. The van der Waals surface area contributed by atoms with E-state index in [9.17, 15) is 5.26 Å². The van der Waals surface area contributed by atoms with Crippen LogP contribution in [0.3, 0.4) is 0 Å². The van der Waals surface area contributed by atoms with Crippen molar-refractivity contribution in [2.24, 2.45) is 0 Å². The number of nitriles is 1. The molecule has 0 atom stereocenters. The Kier molecular flexibility index (Phi) is 4.01. The van der Waals surface area contributed by atoms with Gasteiger partial charge in [-0.05, 0) is 55.5 Å². The Morgan fingerprint density at radius 3 is 2.48 bits per heavy atom. The normalized spacial score (nSPS) is 13.4. The van der Waals surface area contributed by atoms with Gasteiger partial charge in [0.2, 0.25) is 0 Å². The van der Waals surface area contributed by atoms with Crippen molar-refractivity contribution in [3.63, 3.8) is 0 Å². The number of nitrogens with one attached hydrogen (secondary N) is 1. The largest absolute Gasteiger partial charge is 0.339 e. The second-order valence-electron chi connectivity index (χ2n) is 5.09. The van der Waals surface area contributed by atoms with E-state index in [1.807, 2.05) is 6.07 Å². The molecule has 3 rings (SSSR count). The first kappa shape index (κ1) is 14.2. The van der Waals surface area contributed by atoms with Gasteiger partial charge < -0.3 is 5.32 Å². The highest BCUT2D eigenvalue weighted by molar-refractivity contribution is 6.35. The third kappa shape index (κ3) is 3.12. The van der Waals surface area contributed by atoms with Crippen LogP contribution in [0.4, 0.5) is 11.5 Å². The standard InChI is InChI=1S/C16H13Cl2N3/c17-12-6-13(18)8-14(7-12)20-16-11(9-19)5-10-3-1-2-4-15(10)21-16/h5-8H,1-4H2,(H,20,21). The molecule has 0 fully saturated rings. The Bertz CT molecular complexity index is 715. The highest BCUT2D eigenvalue weighted by atomic mass is 35.5. The van der Waals surface area contributed by atoms with Crippen LogP contribution in [0.25, 0.3) is 0 Å². The summed E-state index contributed by atoms with van der Waals surface area (Å²) < 4.78 is 0. The zero-order chi connectivity index (χ0) is 14.8. The molecule has 0 radical (unpaired) electrons. The summed E-state index contributed by atoms with van der Waals surface area (Å²) in [6, 6.07) is 9.33. The molecule has 1 N–H and O–H groups in total. The summed E-state index contributed by atoms with van der Waals surface area (Å²) in [7, 11) is 0. The third-order valence-electron chi connectivity index (χ3n) is 3.55. The molecule has 0 saturated heterocycles. The molecule has 1 heterocycles. The summed E-state index contributed by atoms with van der Waals surface area (Å²) in [6.45, 7) is 0. The van der Waals surface area contributed by atoms with Gasteiger partial charge in [-0.15, -0.1) is 0 Å². The maximum atomic E-state index is 9.33. The van der Waals surface area contributed by atoms with Gasteiger partial charge in [0, 0.05) is 21.4 Å². The predicted octanol–water partition coefficient (Wildman–Crippen LogP) is 4.88. The van der Waals surface area contributed by atoms with Gasteiger partial charge in [0.25, 0.3) is 0 Å². The first-order chi connectivity index (χ1) is 10.2. The number of pyridine rings is 1. The van der Waals surface area contributed by atoms with Gasteiger partial charge in [-0.2, -0.15) is 5.26 Å². The van der Waals surface area contributed by atoms with Crippen LogP contribution in [-0.4, -0.2) is 4.98 Å². The van der Waals surface area contributed by atoms with E-state index in [2.05, 4.69) is 16.4 Å².